The highest BCUT2D eigenvalue weighted by Crippen LogP contribution is 2.46. The lowest BCUT2D eigenvalue weighted by Crippen LogP contribution is -2.61. The van der Waals surface area contributed by atoms with Crippen LogP contribution in [0.25, 0.3) is 0 Å². The molecule has 1 N–H and O–H groups in total. The van der Waals surface area contributed by atoms with Crippen molar-refractivity contribution in [1.29, 1.82) is 0 Å². The molecule has 108 valence electrons. The maximum absolute atomic E-state index is 5.85. The summed E-state index contributed by atoms with van der Waals surface area (Å²) in [4.78, 5) is 2.89. The third kappa shape index (κ3) is 2.88. The minimum Gasteiger partial charge on any atom is -0.378 e. The molecule has 1 aromatic heterocycles. The first-order valence-corrected chi connectivity index (χ1v) is 8.23. The molecule has 1 aromatic rings. The van der Waals surface area contributed by atoms with Crippen LogP contribution >= 0.6 is 11.3 Å². The van der Waals surface area contributed by atoms with Gasteiger partial charge in [-0.15, -0.1) is 11.3 Å². The average molecular weight is 281 g/mol. The monoisotopic (exact) mass is 281 g/mol. The summed E-state index contributed by atoms with van der Waals surface area (Å²) in [6.45, 7) is 13.0. The zero-order valence-corrected chi connectivity index (χ0v) is 13.7. The summed E-state index contributed by atoms with van der Waals surface area (Å²) in [5, 5.41) is 3.74. The molecule has 3 atom stereocenters. The molecule has 1 fully saturated rings. The van der Waals surface area contributed by atoms with E-state index in [2.05, 4.69) is 46.0 Å². The number of hydrogen-bond acceptors (Lipinski definition) is 3. The van der Waals surface area contributed by atoms with E-state index in [1.54, 1.807) is 0 Å². The Hall–Kier alpha value is -0.380. The molecule has 19 heavy (non-hydrogen) atoms. The van der Waals surface area contributed by atoms with Crippen LogP contribution in [0, 0.1) is 19.3 Å². The first-order chi connectivity index (χ1) is 9.01. The molecule has 1 aliphatic carbocycles. The van der Waals surface area contributed by atoms with Gasteiger partial charge in [-0.3, -0.25) is 0 Å². The second-order valence-electron chi connectivity index (χ2n) is 5.92. The first-order valence-electron chi connectivity index (χ1n) is 7.42. The van der Waals surface area contributed by atoms with E-state index in [0.717, 1.165) is 19.6 Å². The molecule has 0 aromatic carbocycles. The van der Waals surface area contributed by atoms with Crippen molar-refractivity contribution in [1.82, 2.24) is 5.32 Å². The molecular formula is C16H27NOS. The molecule has 1 aliphatic rings. The van der Waals surface area contributed by atoms with Gasteiger partial charge in [-0.2, -0.15) is 0 Å². The number of ether oxygens (including phenoxy) is 1. The SMILES string of the molecule is CCOC1CC(NCc2cc(C)c(C)s2)C1(C)CC. The molecule has 0 amide bonds. The second kappa shape index (κ2) is 5.94. The van der Waals surface area contributed by atoms with Crippen LogP contribution in [0.3, 0.4) is 0 Å². The van der Waals surface area contributed by atoms with Crippen molar-refractivity contribution in [3.05, 3.63) is 21.4 Å². The minimum absolute atomic E-state index is 0.303. The van der Waals surface area contributed by atoms with Gasteiger partial charge in [0.05, 0.1) is 6.10 Å². The molecule has 1 heterocycles. The highest BCUT2D eigenvalue weighted by molar-refractivity contribution is 7.12. The molecule has 0 spiro atoms. The molecule has 3 unspecified atom stereocenters. The summed E-state index contributed by atoms with van der Waals surface area (Å²) < 4.78 is 5.85. The fraction of sp³-hybridized carbons (Fsp3) is 0.750. The number of hydrogen-bond donors (Lipinski definition) is 1. The van der Waals surface area contributed by atoms with Crippen LogP contribution in [0.4, 0.5) is 0 Å². The normalized spacial score (nSPS) is 30.4. The number of thiophene rings is 1. The maximum Gasteiger partial charge on any atom is 0.0658 e. The summed E-state index contributed by atoms with van der Waals surface area (Å²) >= 11 is 1.92. The summed E-state index contributed by atoms with van der Waals surface area (Å²) in [6.07, 6.45) is 2.77. The van der Waals surface area contributed by atoms with Crippen LogP contribution in [0.5, 0.6) is 0 Å². The molecular weight excluding hydrogens is 254 g/mol. The summed E-state index contributed by atoms with van der Waals surface area (Å²) in [5.74, 6) is 0. The lowest BCUT2D eigenvalue weighted by atomic mass is 9.61. The summed E-state index contributed by atoms with van der Waals surface area (Å²) in [6, 6.07) is 2.91. The van der Waals surface area contributed by atoms with E-state index in [9.17, 15) is 0 Å². The van der Waals surface area contributed by atoms with Crippen molar-refractivity contribution in [2.24, 2.45) is 5.41 Å². The molecule has 0 radical (unpaired) electrons. The molecule has 2 nitrogen and oxygen atoms in total. The zero-order valence-electron chi connectivity index (χ0n) is 12.9. The predicted molar refractivity (Wildman–Crippen MR) is 82.8 cm³/mol. The zero-order chi connectivity index (χ0) is 14.0. The van der Waals surface area contributed by atoms with Gasteiger partial charge in [-0.25, -0.2) is 0 Å². The summed E-state index contributed by atoms with van der Waals surface area (Å²) in [5.41, 5.74) is 1.72. The van der Waals surface area contributed by atoms with E-state index >= 15 is 0 Å². The van der Waals surface area contributed by atoms with Crippen LogP contribution < -0.4 is 5.32 Å². The van der Waals surface area contributed by atoms with E-state index in [-0.39, 0.29) is 0 Å². The van der Waals surface area contributed by atoms with Crippen molar-refractivity contribution in [3.63, 3.8) is 0 Å². The van der Waals surface area contributed by atoms with Gasteiger partial charge in [0, 0.05) is 34.4 Å². The Morgan fingerprint density at radius 2 is 2.16 bits per heavy atom. The van der Waals surface area contributed by atoms with Gasteiger partial charge in [0.15, 0.2) is 0 Å². The van der Waals surface area contributed by atoms with Gasteiger partial charge < -0.3 is 10.1 Å². The first kappa shape index (κ1) is 15.0. The quantitative estimate of drug-likeness (QED) is 0.849. The largest absolute Gasteiger partial charge is 0.378 e. The molecule has 0 aliphatic heterocycles. The van der Waals surface area contributed by atoms with E-state index in [0.29, 0.717) is 17.6 Å². The van der Waals surface area contributed by atoms with Gasteiger partial charge in [-0.1, -0.05) is 13.8 Å². The molecule has 1 saturated carbocycles. The standard InChI is InChI=1S/C16H27NOS/c1-6-16(5)14(9-15(16)18-7-2)17-10-13-8-11(3)12(4)19-13/h8,14-15,17H,6-7,9-10H2,1-5H3. The number of rotatable bonds is 6. The van der Waals surface area contributed by atoms with Crippen molar-refractivity contribution in [2.45, 2.75) is 66.2 Å². The lowest BCUT2D eigenvalue weighted by Gasteiger charge is -2.53. The third-order valence-electron chi connectivity index (χ3n) is 4.85. The van der Waals surface area contributed by atoms with Crippen molar-refractivity contribution in [3.8, 4) is 0 Å². The van der Waals surface area contributed by atoms with Crippen molar-refractivity contribution < 1.29 is 4.74 Å². The third-order valence-corrected chi connectivity index (χ3v) is 6.00. The maximum atomic E-state index is 5.85. The van der Waals surface area contributed by atoms with Crippen molar-refractivity contribution in [2.75, 3.05) is 6.61 Å². The van der Waals surface area contributed by atoms with Gasteiger partial charge >= 0.3 is 0 Å². The lowest BCUT2D eigenvalue weighted by molar-refractivity contribution is -0.126. The fourth-order valence-electron chi connectivity index (χ4n) is 3.03. The Bertz CT molecular complexity index is 409. The molecule has 0 saturated heterocycles. The minimum atomic E-state index is 0.303. The highest BCUT2D eigenvalue weighted by Gasteiger charge is 2.50. The average Bonchev–Trinajstić information content (AvgIpc) is 2.71. The smallest absolute Gasteiger partial charge is 0.0658 e. The molecule has 0 bridgehead atoms. The summed E-state index contributed by atoms with van der Waals surface area (Å²) in [7, 11) is 0. The van der Waals surface area contributed by atoms with Gasteiger partial charge in [0.2, 0.25) is 0 Å². The van der Waals surface area contributed by atoms with Gasteiger partial charge in [0.25, 0.3) is 0 Å². The second-order valence-corrected chi connectivity index (χ2v) is 7.27. The Labute approximate surface area is 121 Å². The Balaban J connectivity index is 1.90. The topological polar surface area (TPSA) is 21.3 Å². The number of nitrogens with one attached hydrogen (secondary N) is 1. The highest BCUT2D eigenvalue weighted by atomic mass is 32.1. The van der Waals surface area contributed by atoms with Gasteiger partial charge in [0.1, 0.15) is 0 Å². The van der Waals surface area contributed by atoms with E-state index in [4.69, 9.17) is 4.74 Å². The Morgan fingerprint density at radius 3 is 2.68 bits per heavy atom. The molecule has 2 rings (SSSR count). The van der Waals surface area contributed by atoms with Crippen molar-refractivity contribution >= 4 is 11.3 Å². The Kier molecular flexibility index (Phi) is 4.70. The van der Waals surface area contributed by atoms with Gasteiger partial charge in [-0.05, 0) is 45.2 Å². The van der Waals surface area contributed by atoms with Crippen LogP contribution in [0.15, 0.2) is 6.07 Å². The van der Waals surface area contributed by atoms with Crippen LogP contribution in [0.2, 0.25) is 0 Å². The van der Waals surface area contributed by atoms with E-state index in [1.807, 2.05) is 11.3 Å². The Morgan fingerprint density at radius 1 is 1.42 bits per heavy atom. The van der Waals surface area contributed by atoms with Crippen LogP contribution in [0.1, 0.15) is 48.9 Å². The van der Waals surface area contributed by atoms with E-state index in [1.165, 1.54) is 21.7 Å². The van der Waals surface area contributed by atoms with E-state index < -0.39 is 0 Å². The van der Waals surface area contributed by atoms with Crippen LogP contribution in [-0.2, 0) is 11.3 Å². The molecule has 3 heteroatoms. The predicted octanol–water partition coefficient (Wildman–Crippen LogP) is 4.05. The number of aryl methyl sites for hydroxylation is 2. The fourth-order valence-corrected chi connectivity index (χ4v) is 4.03. The van der Waals surface area contributed by atoms with Crippen LogP contribution in [-0.4, -0.2) is 18.8 Å².